The molecular formula is C25H17N3S2. The zero-order valence-corrected chi connectivity index (χ0v) is 17.6. The van der Waals surface area contributed by atoms with E-state index in [0.717, 1.165) is 49.0 Å². The Morgan fingerprint density at radius 3 is 2.30 bits per heavy atom. The van der Waals surface area contributed by atoms with E-state index in [1.807, 2.05) is 60.8 Å². The fourth-order valence-electron chi connectivity index (χ4n) is 3.58. The number of hydrogen-bond acceptors (Lipinski definition) is 4. The summed E-state index contributed by atoms with van der Waals surface area (Å²) in [7, 11) is 0. The second-order valence-electron chi connectivity index (χ2n) is 6.90. The van der Waals surface area contributed by atoms with Crippen molar-refractivity contribution in [1.29, 1.82) is 0 Å². The number of rotatable bonds is 4. The third kappa shape index (κ3) is 3.32. The molecule has 0 aliphatic heterocycles. The summed E-state index contributed by atoms with van der Waals surface area (Å²) < 4.78 is 2.11. The summed E-state index contributed by atoms with van der Waals surface area (Å²) in [6, 6.07) is 26.2. The fraction of sp³-hybridized carbons (Fsp3) is 0. The fourth-order valence-corrected chi connectivity index (χ4v) is 4.25. The number of nitrogens with zero attached hydrogens (tertiary/aromatic N) is 3. The molecule has 5 aromatic rings. The number of thiol groups is 1. The summed E-state index contributed by atoms with van der Waals surface area (Å²) in [6.45, 7) is 0. The Morgan fingerprint density at radius 2 is 1.53 bits per heavy atom. The maximum Gasteiger partial charge on any atom is 0.137 e. The number of hydrogen-bond donors (Lipinski definition) is 1. The van der Waals surface area contributed by atoms with Crippen LogP contribution in [0.4, 0.5) is 0 Å². The van der Waals surface area contributed by atoms with Gasteiger partial charge in [0, 0.05) is 40.2 Å². The molecule has 0 spiro atoms. The van der Waals surface area contributed by atoms with Crippen LogP contribution in [0.15, 0.2) is 102 Å². The van der Waals surface area contributed by atoms with Crippen molar-refractivity contribution in [3.63, 3.8) is 0 Å². The van der Waals surface area contributed by atoms with Gasteiger partial charge in [-0.25, -0.2) is 4.98 Å². The highest BCUT2D eigenvalue weighted by molar-refractivity contribution is 7.82. The summed E-state index contributed by atoms with van der Waals surface area (Å²) in [6.07, 6.45) is 5.64. The second-order valence-corrected chi connectivity index (χ2v) is 7.79. The van der Waals surface area contributed by atoms with Gasteiger partial charge >= 0.3 is 0 Å². The van der Waals surface area contributed by atoms with E-state index in [-0.39, 0.29) is 0 Å². The van der Waals surface area contributed by atoms with Crippen LogP contribution >= 0.6 is 24.8 Å². The highest BCUT2D eigenvalue weighted by Gasteiger charge is 2.16. The molecule has 0 N–H and O–H groups in total. The van der Waals surface area contributed by atoms with Gasteiger partial charge in [0.25, 0.3) is 0 Å². The van der Waals surface area contributed by atoms with Crippen molar-refractivity contribution in [2.75, 3.05) is 0 Å². The predicted molar refractivity (Wildman–Crippen MR) is 128 cm³/mol. The average Bonchev–Trinajstić information content (AvgIpc) is 3.19. The molecule has 0 radical (unpaired) electrons. The van der Waals surface area contributed by atoms with Crippen molar-refractivity contribution >= 4 is 35.4 Å². The molecule has 5 rings (SSSR count). The van der Waals surface area contributed by atoms with Crippen LogP contribution in [0.25, 0.3) is 28.2 Å². The normalized spacial score (nSPS) is 11.0. The first kappa shape index (κ1) is 18.7. The van der Waals surface area contributed by atoms with E-state index < -0.39 is 0 Å². The van der Waals surface area contributed by atoms with Crippen LogP contribution in [0, 0.1) is 0 Å². The third-order valence-electron chi connectivity index (χ3n) is 5.05. The van der Waals surface area contributed by atoms with Crippen LogP contribution in [0.1, 0.15) is 11.1 Å². The monoisotopic (exact) mass is 423 g/mol. The van der Waals surface area contributed by atoms with E-state index in [2.05, 4.69) is 46.3 Å². The number of benzene rings is 2. The van der Waals surface area contributed by atoms with Crippen LogP contribution in [0.3, 0.4) is 0 Å². The molecule has 0 fully saturated rings. The van der Waals surface area contributed by atoms with Gasteiger partial charge < -0.3 is 0 Å². The van der Waals surface area contributed by atoms with Crippen molar-refractivity contribution in [1.82, 2.24) is 14.4 Å². The Hall–Kier alpha value is -3.28. The minimum atomic E-state index is 0.788. The van der Waals surface area contributed by atoms with Crippen molar-refractivity contribution in [3.8, 4) is 22.5 Å². The molecule has 0 aliphatic rings. The van der Waals surface area contributed by atoms with E-state index in [1.54, 1.807) is 12.4 Å². The summed E-state index contributed by atoms with van der Waals surface area (Å²) in [4.78, 5) is 10.7. The lowest BCUT2D eigenvalue weighted by molar-refractivity contribution is 1.19. The lowest BCUT2D eigenvalue weighted by atomic mass is 10.0. The highest BCUT2D eigenvalue weighted by atomic mass is 32.1. The van der Waals surface area contributed by atoms with E-state index >= 15 is 0 Å². The molecule has 0 saturated carbocycles. The average molecular weight is 424 g/mol. The molecule has 0 saturated heterocycles. The Balaban J connectivity index is 1.60. The van der Waals surface area contributed by atoms with Gasteiger partial charge in [0.1, 0.15) is 5.65 Å². The first-order valence-corrected chi connectivity index (χ1v) is 10.4. The van der Waals surface area contributed by atoms with Gasteiger partial charge in [-0.15, -0.1) is 12.6 Å². The molecule has 0 bridgehead atoms. The maximum atomic E-state index is 5.71. The van der Waals surface area contributed by atoms with Crippen LogP contribution in [0.2, 0.25) is 0 Å². The minimum absolute atomic E-state index is 0.788. The molecule has 3 nitrogen and oxygen atoms in total. The molecule has 30 heavy (non-hydrogen) atoms. The number of aromatic nitrogens is 3. The zero-order chi connectivity index (χ0) is 20.5. The quantitative estimate of drug-likeness (QED) is 0.215. The van der Waals surface area contributed by atoms with Crippen molar-refractivity contribution in [2.24, 2.45) is 0 Å². The van der Waals surface area contributed by atoms with Crippen LogP contribution in [0.5, 0.6) is 0 Å². The van der Waals surface area contributed by atoms with Gasteiger partial charge in [0.2, 0.25) is 0 Å². The summed E-state index contributed by atoms with van der Waals surface area (Å²) >= 11 is 10.3. The van der Waals surface area contributed by atoms with Crippen molar-refractivity contribution in [2.45, 2.75) is 4.90 Å². The number of thiocarbonyl (C=S) groups is 1. The van der Waals surface area contributed by atoms with Gasteiger partial charge in [-0.05, 0) is 35.9 Å². The van der Waals surface area contributed by atoms with E-state index in [1.165, 1.54) is 0 Å². The third-order valence-corrected chi connectivity index (χ3v) is 5.90. The lowest BCUT2D eigenvalue weighted by Crippen LogP contribution is -2.00. The van der Waals surface area contributed by atoms with Gasteiger partial charge in [-0.3, -0.25) is 9.38 Å². The number of pyridine rings is 2. The minimum Gasteiger partial charge on any atom is -0.299 e. The Bertz CT molecular complexity index is 1360. The molecule has 0 unspecified atom stereocenters. The topological polar surface area (TPSA) is 30.2 Å². The van der Waals surface area contributed by atoms with Crippen LogP contribution in [-0.4, -0.2) is 19.2 Å². The Morgan fingerprint density at radius 1 is 0.800 bits per heavy atom. The number of imidazole rings is 1. The maximum absolute atomic E-state index is 5.71. The predicted octanol–water partition coefficient (Wildman–Crippen LogP) is 6.12. The van der Waals surface area contributed by atoms with Gasteiger partial charge in [0.05, 0.1) is 16.3 Å². The molecular weight excluding hydrogens is 406 g/mol. The van der Waals surface area contributed by atoms with E-state index in [9.17, 15) is 0 Å². The summed E-state index contributed by atoms with van der Waals surface area (Å²) in [5, 5.41) is 0. The van der Waals surface area contributed by atoms with Crippen LogP contribution in [-0.2, 0) is 0 Å². The molecule has 2 aromatic carbocycles. The van der Waals surface area contributed by atoms with E-state index in [0.29, 0.717) is 0 Å². The molecule has 3 aromatic heterocycles. The molecule has 3 heterocycles. The van der Waals surface area contributed by atoms with Gasteiger partial charge in [-0.2, -0.15) is 0 Å². The molecule has 144 valence electrons. The van der Waals surface area contributed by atoms with Crippen LogP contribution < -0.4 is 0 Å². The number of fused-ring (bicyclic) bond motifs is 1. The standard InChI is InChI=1S/C25H17N3S2/c29-21-6-2-1-5-20(21)25(30)19-10-8-17(9-11-19)23-24(18-12-14-26-15-13-18)28-16-4-3-7-22(28)27-23/h1-16,29H. The smallest absolute Gasteiger partial charge is 0.137 e. The Labute approximate surface area is 185 Å². The summed E-state index contributed by atoms with van der Waals surface area (Å²) in [5.41, 5.74) is 6.95. The second kappa shape index (κ2) is 7.86. The molecule has 0 aliphatic carbocycles. The molecule has 0 atom stereocenters. The highest BCUT2D eigenvalue weighted by Crippen LogP contribution is 2.33. The molecule has 0 amide bonds. The van der Waals surface area contributed by atoms with Gasteiger partial charge in [0.15, 0.2) is 0 Å². The first-order valence-electron chi connectivity index (χ1n) is 9.53. The first-order chi connectivity index (χ1) is 14.7. The zero-order valence-electron chi connectivity index (χ0n) is 15.9. The van der Waals surface area contributed by atoms with E-state index in [4.69, 9.17) is 17.2 Å². The molecule has 5 heteroatoms. The SMILES string of the molecule is S=C(c1ccc(-c2nc3ccccn3c2-c2ccncc2)cc1)c1ccccc1S. The lowest BCUT2D eigenvalue weighted by Gasteiger charge is -2.09. The van der Waals surface area contributed by atoms with Crippen molar-refractivity contribution < 1.29 is 0 Å². The summed E-state index contributed by atoms with van der Waals surface area (Å²) in [5.74, 6) is 0. The van der Waals surface area contributed by atoms with Crippen molar-refractivity contribution in [3.05, 3.63) is 109 Å². The Kier molecular flexibility index (Phi) is 4.91. The van der Waals surface area contributed by atoms with Gasteiger partial charge in [-0.1, -0.05) is 60.7 Å². The largest absolute Gasteiger partial charge is 0.299 e.